The number of hydrogen-bond donors (Lipinski definition) is 2. The Hall–Kier alpha value is -5.14. The lowest BCUT2D eigenvalue weighted by molar-refractivity contribution is -0.137. The number of anilines is 2. The third-order valence-electron chi connectivity index (χ3n) is 10.8. The second kappa shape index (κ2) is 14.1. The van der Waals surface area contributed by atoms with E-state index in [1.165, 1.54) is 22.2 Å². The maximum absolute atomic E-state index is 14.7. The first kappa shape index (κ1) is 37.8. The van der Waals surface area contributed by atoms with E-state index in [0.29, 0.717) is 67.4 Å². The second-order valence-corrected chi connectivity index (χ2v) is 15.8. The number of aryl methyl sites for hydroxylation is 2. The summed E-state index contributed by atoms with van der Waals surface area (Å²) < 4.78 is 48.3. The Kier molecular flexibility index (Phi) is 9.51. The molecule has 15 nitrogen and oxygen atoms in total. The molecule has 1 unspecified atom stereocenters. The highest BCUT2D eigenvalue weighted by atomic mass is 35.5. The van der Waals surface area contributed by atoms with Crippen molar-refractivity contribution in [1.82, 2.24) is 39.0 Å². The Morgan fingerprint density at radius 1 is 1.09 bits per heavy atom. The number of nitrogens with one attached hydrogen (secondary N) is 1. The minimum Gasteiger partial charge on any atom is -0.504 e. The van der Waals surface area contributed by atoms with Crippen molar-refractivity contribution in [3.63, 3.8) is 0 Å². The van der Waals surface area contributed by atoms with Gasteiger partial charge in [-0.1, -0.05) is 29.9 Å². The zero-order valence-corrected chi connectivity index (χ0v) is 32.1. The van der Waals surface area contributed by atoms with Crippen LogP contribution in [0.15, 0.2) is 29.3 Å². The number of alkyl halides is 3. The molecule has 2 amide bonds. The van der Waals surface area contributed by atoms with Gasteiger partial charge in [-0.3, -0.25) is 14.4 Å². The Morgan fingerprint density at radius 3 is 2.52 bits per heavy atom. The van der Waals surface area contributed by atoms with Crippen molar-refractivity contribution < 1.29 is 32.6 Å². The lowest BCUT2D eigenvalue weighted by atomic mass is 9.73. The molecule has 1 spiro atoms. The molecule has 5 aromatic rings. The predicted octanol–water partition coefficient (Wildman–Crippen LogP) is 4.96. The first-order valence-corrected chi connectivity index (χ1v) is 19.2. The number of halogens is 4. The highest BCUT2D eigenvalue weighted by molar-refractivity contribution is 7.19. The number of carbonyl (C=O) groups excluding carboxylic acids is 2. The first-order valence-electron chi connectivity index (χ1n) is 18.0. The number of likely N-dealkylation sites (tertiary alicyclic amines) is 1. The van der Waals surface area contributed by atoms with Crippen LogP contribution < -0.4 is 15.8 Å². The minimum absolute atomic E-state index is 0.0112. The van der Waals surface area contributed by atoms with Crippen LogP contribution in [0.5, 0.6) is 5.75 Å². The molecule has 3 aliphatic rings. The summed E-state index contributed by atoms with van der Waals surface area (Å²) >= 11 is 7.58. The number of hydrogen-bond acceptors (Lipinski definition) is 12. The number of fused-ring (bicyclic) bond motifs is 3. The third kappa shape index (κ3) is 6.54. The fourth-order valence-corrected chi connectivity index (χ4v) is 9.37. The van der Waals surface area contributed by atoms with Gasteiger partial charge in [-0.2, -0.15) is 22.7 Å². The molecule has 1 aromatic carbocycles. The molecule has 2 saturated heterocycles. The number of thiazole rings is 1. The molecule has 6 heterocycles. The Morgan fingerprint density at radius 2 is 1.82 bits per heavy atom. The standard InChI is InChI=1S/C36H36ClF3N10O5S/c1-18-15-35(6-8-47(9-7-35)32(54)26-28(52)19(2)41-17-42-26)25-27(18)49(16-24(51)44-23-5-4-21(14-22(23)37)36(38,39)40)33-45-30(46-50(33)31(25)53)29-20(3)43-34(56-29)48-10-12-55-13-11-48/h4-5,14,17-18,52H,6-13,15-16H2,1-3H3,(H,44,51). The van der Waals surface area contributed by atoms with Crippen LogP contribution in [-0.4, -0.2) is 95.3 Å². The van der Waals surface area contributed by atoms with Gasteiger partial charge < -0.3 is 29.5 Å². The fourth-order valence-electron chi connectivity index (χ4n) is 8.09. The molecular formula is C36H36ClF3N10O5S. The number of carbonyl (C=O) groups is 2. The molecule has 20 heteroatoms. The number of rotatable bonds is 6. The minimum atomic E-state index is -4.62. The van der Waals surface area contributed by atoms with Crippen LogP contribution in [0.25, 0.3) is 16.5 Å². The lowest BCUT2D eigenvalue weighted by Crippen LogP contribution is -2.46. The number of aromatic hydroxyl groups is 1. The third-order valence-corrected chi connectivity index (χ3v) is 12.4. The average molecular weight is 813 g/mol. The van der Waals surface area contributed by atoms with Gasteiger partial charge in [-0.25, -0.2) is 15.0 Å². The summed E-state index contributed by atoms with van der Waals surface area (Å²) in [5.41, 5.74) is -0.132. The summed E-state index contributed by atoms with van der Waals surface area (Å²) in [5, 5.41) is 18.3. The topological polar surface area (TPSA) is 173 Å². The summed E-state index contributed by atoms with van der Waals surface area (Å²) in [5.74, 6) is -1.21. The van der Waals surface area contributed by atoms with Gasteiger partial charge in [-0.05, 0) is 57.2 Å². The second-order valence-electron chi connectivity index (χ2n) is 14.4. The van der Waals surface area contributed by atoms with E-state index in [4.69, 9.17) is 31.4 Å². The summed E-state index contributed by atoms with van der Waals surface area (Å²) in [6, 6.07) is 2.67. The van der Waals surface area contributed by atoms with Gasteiger partial charge >= 0.3 is 6.18 Å². The summed E-state index contributed by atoms with van der Waals surface area (Å²) in [4.78, 5) is 63.9. The quantitative estimate of drug-likeness (QED) is 0.238. The number of benzene rings is 1. The number of nitrogens with zero attached hydrogens (tertiary/aromatic N) is 9. The van der Waals surface area contributed by atoms with Crippen molar-refractivity contribution in [3.8, 4) is 16.5 Å². The molecule has 0 saturated carbocycles. The molecular weight excluding hydrogens is 777 g/mol. The predicted molar refractivity (Wildman–Crippen MR) is 199 cm³/mol. The van der Waals surface area contributed by atoms with Crippen molar-refractivity contribution in [1.29, 1.82) is 0 Å². The van der Waals surface area contributed by atoms with Gasteiger partial charge in [-0.15, -0.1) is 5.10 Å². The van der Waals surface area contributed by atoms with E-state index in [-0.39, 0.29) is 70.6 Å². The highest BCUT2D eigenvalue weighted by Crippen LogP contribution is 2.51. The van der Waals surface area contributed by atoms with Crippen LogP contribution in [-0.2, 0) is 27.7 Å². The molecule has 2 N–H and O–H groups in total. The molecule has 8 rings (SSSR count). The maximum Gasteiger partial charge on any atom is 0.416 e. The van der Waals surface area contributed by atoms with E-state index in [0.717, 1.165) is 23.3 Å². The van der Waals surface area contributed by atoms with Crippen molar-refractivity contribution in [2.45, 2.75) is 64.1 Å². The van der Waals surface area contributed by atoms with Crippen molar-refractivity contribution in [2.75, 3.05) is 49.6 Å². The number of amides is 2. The zero-order valence-electron chi connectivity index (χ0n) is 30.5. The van der Waals surface area contributed by atoms with Crippen LogP contribution in [0.3, 0.4) is 0 Å². The van der Waals surface area contributed by atoms with Crippen LogP contribution >= 0.6 is 22.9 Å². The zero-order chi connectivity index (χ0) is 39.7. The van der Waals surface area contributed by atoms with Gasteiger partial charge in [0.15, 0.2) is 22.4 Å². The van der Waals surface area contributed by atoms with Crippen molar-refractivity contribution in [2.24, 2.45) is 0 Å². The maximum atomic E-state index is 14.7. The van der Waals surface area contributed by atoms with E-state index < -0.39 is 29.0 Å². The van der Waals surface area contributed by atoms with Crippen LogP contribution in [0.4, 0.5) is 24.0 Å². The lowest BCUT2D eigenvalue weighted by Gasteiger charge is -2.39. The number of ether oxygens (including phenoxy) is 1. The number of aromatic nitrogens is 7. The van der Waals surface area contributed by atoms with E-state index in [1.807, 2.05) is 13.8 Å². The van der Waals surface area contributed by atoms with E-state index in [9.17, 15) is 32.7 Å². The van der Waals surface area contributed by atoms with E-state index in [2.05, 4.69) is 20.2 Å². The molecule has 0 radical (unpaired) electrons. The number of morpholine rings is 1. The smallest absolute Gasteiger partial charge is 0.416 e. The molecule has 4 aromatic heterocycles. The van der Waals surface area contributed by atoms with Crippen molar-refractivity contribution in [3.05, 3.63) is 73.8 Å². The molecule has 294 valence electrons. The van der Waals surface area contributed by atoms with Gasteiger partial charge in [0.2, 0.25) is 11.7 Å². The molecule has 56 heavy (non-hydrogen) atoms. The molecule has 1 aliphatic carbocycles. The molecule has 0 bridgehead atoms. The van der Waals surface area contributed by atoms with Crippen LogP contribution in [0.2, 0.25) is 5.02 Å². The average Bonchev–Trinajstić information content (AvgIpc) is 3.86. The Labute approximate surface area is 326 Å². The van der Waals surface area contributed by atoms with E-state index >= 15 is 0 Å². The van der Waals surface area contributed by atoms with Crippen LogP contribution in [0.1, 0.15) is 70.8 Å². The monoisotopic (exact) mass is 812 g/mol. The van der Waals surface area contributed by atoms with Gasteiger partial charge in [0.25, 0.3) is 11.5 Å². The Bertz CT molecular complexity index is 2450. The highest BCUT2D eigenvalue weighted by Gasteiger charge is 2.49. The molecule has 2 aliphatic heterocycles. The summed E-state index contributed by atoms with van der Waals surface area (Å²) in [6.07, 6.45) is -2.03. The van der Waals surface area contributed by atoms with E-state index in [1.54, 1.807) is 16.4 Å². The normalized spacial score (nSPS) is 18.2. The van der Waals surface area contributed by atoms with Gasteiger partial charge in [0.1, 0.15) is 12.9 Å². The fraction of sp³-hybridized carbons (Fsp3) is 0.444. The number of piperidine rings is 1. The van der Waals surface area contributed by atoms with Gasteiger partial charge in [0, 0.05) is 42.9 Å². The van der Waals surface area contributed by atoms with Gasteiger partial charge in [0.05, 0.1) is 45.8 Å². The largest absolute Gasteiger partial charge is 0.504 e. The summed E-state index contributed by atoms with van der Waals surface area (Å²) in [7, 11) is 0. The van der Waals surface area contributed by atoms with Crippen LogP contribution in [0, 0.1) is 13.8 Å². The van der Waals surface area contributed by atoms with Crippen molar-refractivity contribution >= 4 is 51.3 Å². The SMILES string of the molecule is Cc1nc(N2CCOCC2)sc1-c1nc2n(CC(=O)Nc3ccc(C(F)(F)F)cc3Cl)c3c(c(=O)n2n1)C1(CCN(C(=O)c2ncnc(C)c2O)CC1)CC3C. The summed E-state index contributed by atoms with van der Waals surface area (Å²) in [6.45, 7) is 8.03. The Balaban J connectivity index is 1.18. The molecule has 1 atom stereocenters. The first-order chi connectivity index (χ1) is 26.6. The molecule has 2 fully saturated rings.